The Bertz CT molecular complexity index is 1100. The van der Waals surface area contributed by atoms with E-state index in [-0.39, 0.29) is 29.5 Å². The van der Waals surface area contributed by atoms with Gasteiger partial charge in [-0.25, -0.2) is 9.07 Å². The van der Waals surface area contributed by atoms with Crippen LogP contribution in [0.5, 0.6) is 0 Å². The van der Waals surface area contributed by atoms with Crippen molar-refractivity contribution in [2.24, 2.45) is 5.92 Å². The van der Waals surface area contributed by atoms with Crippen molar-refractivity contribution in [2.45, 2.75) is 39.2 Å². The normalized spacial score (nSPS) is 13.3. The Kier molecular flexibility index (Phi) is 5.84. The SMILES string of the molecule is CC(C)c1c(C(=O)NCc2cccc(NC(=O)C3CC3)c2)cnn1-c1ccc(F)cc1. The molecule has 0 aliphatic heterocycles. The van der Waals surface area contributed by atoms with Crippen LogP contribution in [0.25, 0.3) is 5.69 Å². The van der Waals surface area contributed by atoms with Crippen LogP contribution in [0.1, 0.15) is 54.2 Å². The highest BCUT2D eigenvalue weighted by molar-refractivity contribution is 5.95. The molecule has 2 amide bonds. The second-order valence-corrected chi connectivity index (χ2v) is 8.13. The predicted molar refractivity (Wildman–Crippen MR) is 117 cm³/mol. The molecule has 0 atom stereocenters. The van der Waals surface area contributed by atoms with E-state index in [2.05, 4.69) is 15.7 Å². The lowest BCUT2D eigenvalue weighted by molar-refractivity contribution is -0.117. The molecular formula is C24H25FN4O2. The van der Waals surface area contributed by atoms with E-state index in [0.717, 1.165) is 29.8 Å². The van der Waals surface area contributed by atoms with Crippen LogP contribution in [-0.2, 0) is 11.3 Å². The first-order valence-electron chi connectivity index (χ1n) is 10.4. The molecule has 1 fully saturated rings. The van der Waals surface area contributed by atoms with Gasteiger partial charge in [-0.15, -0.1) is 0 Å². The van der Waals surface area contributed by atoms with Crippen LogP contribution in [0.3, 0.4) is 0 Å². The summed E-state index contributed by atoms with van der Waals surface area (Å²) in [6, 6.07) is 13.5. The number of nitrogens with zero attached hydrogens (tertiary/aromatic N) is 2. The van der Waals surface area contributed by atoms with Gasteiger partial charge >= 0.3 is 0 Å². The molecule has 0 unspecified atom stereocenters. The van der Waals surface area contributed by atoms with E-state index in [0.29, 0.717) is 17.8 Å². The van der Waals surface area contributed by atoms with Crippen molar-refractivity contribution in [1.29, 1.82) is 0 Å². The fraction of sp³-hybridized carbons (Fsp3) is 0.292. The van der Waals surface area contributed by atoms with E-state index >= 15 is 0 Å². The van der Waals surface area contributed by atoms with E-state index in [1.54, 1.807) is 23.0 Å². The zero-order valence-electron chi connectivity index (χ0n) is 17.6. The van der Waals surface area contributed by atoms with Crippen LogP contribution in [0, 0.1) is 11.7 Å². The maximum atomic E-state index is 13.3. The Morgan fingerprint density at radius 3 is 2.58 bits per heavy atom. The first kappa shape index (κ1) is 20.8. The van der Waals surface area contributed by atoms with Crippen molar-refractivity contribution in [3.8, 4) is 5.69 Å². The number of halogens is 1. The third-order valence-corrected chi connectivity index (χ3v) is 5.26. The van der Waals surface area contributed by atoms with Crippen LogP contribution < -0.4 is 10.6 Å². The Morgan fingerprint density at radius 1 is 1.16 bits per heavy atom. The number of hydrogen-bond donors (Lipinski definition) is 2. The van der Waals surface area contributed by atoms with Gasteiger partial charge in [0.1, 0.15) is 5.82 Å². The monoisotopic (exact) mass is 420 g/mol. The van der Waals surface area contributed by atoms with E-state index in [1.165, 1.54) is 12.1 Å². The number of amides is 2. The van der Waals surface area contributed by atoms with Crippen molar-refractivity contribution < 1.29 is 14.0 Å². The minimum absolute atomic E-state index is 0.0364. The average molecular weight is 420 g/mol. The molecule has 0 saturated heterocycles. The van der Waals surface area contributed by atoms with E-state index in [1.807, 2.05) is 38.1 Å². The highest BCUT2D eigenvalue weighted by Gasteiger charge is 2.29. The summed E-state index contributed by atoms with van der Waals surface area (Å²) in [5.74, 6) is -0.333. The molecule has 7 heteroatoms. The zero-order chi connectivity index (χ0) is 22.0. The molecule has 1 aromatic heterocycles. The van der Waals surface area contributed by atoms with Crippen molar-refractivity contribution in [3.63, 3.8) is 0 Å². The highest BCUT2D eigenvalue weighted by atomic mass is 19.1. The molecule has 3 aromatic rings. The molecule has 0 spiro atoms. The minimum atomic E-state index is -0.324. The fourth-order valence-electron chi connectivity index (χ4n) is 3.50. The molecule has 1 saturated carbocycles. The second kappa shape index (κ2) is 8.71. The van der Waals surface area contributed by atoms with Gasteiger partial charge in [-0.1, -0.05) is 26.0 Å². The molecule has 0 bridgehead atoms. The average Bonchev–Trinajstić information content (AvgIpc) is 3.51. The number of aromatic nitrogens is 2. The first-order valence-corrected chi connectivity index (χ1v) is 10.4. The van der Waals surface area contributed by atoms with E-state index in [4.69, 9.17) is 0 Å². The van der Waals surface area contributed by atoms with Gasteiger partial charge in [0.25, 0.3) is 5.91 Å². The Labute approximate surface area is 180 Å². The number of rotatable bonds is 7. The largest absolute Gasteiger partial charge is 0.348 e. The summed E-state index contributed by atoms with van der Waals surface area (Å²) in [4.78, 5) is 24.9. The van der Waals surface area contributed by atoms with E-state index < -0.39 is 0 Å². The fourth-order valence-corrected chi connectivity index (χ4v) is 3.50. The maximum absolute atomic E-state index is 13.3. The van der Waals surface area contributed by atoms with Crippen LogP contribution in [-0.4, -0.2) is 21.6 Å². The first-order chi connectivity index (χ1) is 14.9. The maximum Gasteiger partial charge on any atom is 0.255 e. The van der Waals surface area contributed by atoms with E-state index in [9.17, 15) is 14.0 Å². The number of hydrogen-bond acceptors (Lipinski definition) is 3. The van der Waals surface area contributed by atoms with Gasteiger partial charge in [0, 0.05) is 18.2 Å². The molecule has 160 valence electrons. The summed E-state index contributed by atoms with van der Waals surface area (Å²) >= 11 is 0. The molecule has 1 aliphatic carbocycles. The van der Waals surface area contributed by atoms with Crippen LogP contribution >= 0.6 is 0 Å². The van der Waals surface area contributed by atoms with Crippen molar-refractivity contribution in [1.82, 2.24) is 15.1 Å². The Morgan fingerprint density at radius 2 is 1.90 bits per heavy atom. The van der Waals surface area contributed by atoms with Gasteiger partial charge in [0.05, 0.1) is 23.1 Å². The molecule has 1 heterocycles. The summed E-state index contributed by atoms with van der Waals surface area (Å²) in [5.41, 5.74) is 3.56. The van der Waals surface area contributed by atoms with Gasteiger partial charge < -0.3 is 10.6 Å². The summed E-state index contributed by atoms with van der Waals surface area (Å²) in [6.07, 6.45) is 3.44. The minimum Gasteiger partial charge on any atom is -0.348 e. The van der Waals surface area contributed by atoms with Gasteiger partial charge in [-0.3, -0.25) is 9.59 Å². The molecular weight excluding hydrogens is 395 g/mol. The highest BCUT2D eigenvalue weighted by Crippen LogP contribution is 2.30. The lowest BCUT2D eigenvalue weighted by atomic mass is 10.0. The topological polar surface area (TPSA) is 76.0 Å². The molecule has 0 radical (unpaired) electrons. The molecule has 2 aromatic carbocycles. The standard InChI is InChI=1S/C24H25FN4O2/c1-15(2)22-21(14-27-29(22)20-10-8-18(25)9-11-20)24(31)26-13-16-4-3-5-19(12-16)28-23(30)17-6-7-17/h3-5,8-12,14-15,17H,6-7,13H2,1-2H3,(H,26,31)(H,28,30). The predicted octanol–water partition coefficient (Wildman–Crippen LogP) is 4.41. The van der Waals surface area contributed by atoms with Crippen molar-refractivity contribution in [3.05, 3.63) is 77.4 Å². The summed E-state index contributed by atoms with van der Waals surface area (Å²) in [6.45, 7) is 4.30. The summed E-state index contributed by atoms with van der Waals surface area (Å²) in [5, 5.41) is 10.2. The number of benzene rings is 2. The number of nitrogens with one attached hydrogen (secondary N) is 2. The second-order valence-electron chi connectivity index (χ2n) is 8.13. The zero-order valence-corrected chi connectivity index (χ0v) is 17.6. The third kappa shape index (κ3) is 4.82. The van der Waals surface area contributed by atoms with Gasteiger partial charge in [0.15, 0.2) is 0 Å². The Hall–Kier alpha value is -3.48. The summed E-state index contributed by atoms with van der Waals surface area (Å²) in [7, 11) is 0. The van der Waals surface area contributed by atoms with Crippen LogP contribution in [0.2, 0.25) is 0 Å². The summed E-state index contributed by atoms with van der Waals surface area (Å²) < 4.78 is 15.0. The van der Waals surface area contributed by atoms with Gasteiger partial charge in [-0.2, -0.15) is 5.10 Å². The van der Waals surface area contributed by atoms with Crippen molar-refractivity contribution >= 4 is 17.5 Å². The molecule has 6 nitrogen and oxygen atoms in total. The lowest BCUT2D eigenvalue weighted by Crippen LogP contribution is -2.24. The smallest absolute Gasteiger partial charge is 0.255 e. The molecule has 2 N–H and O–H groups in total. The van der Waals surface area contributed by atoms with Gasteiger partial charge in [-0.05, 0) is 60.7 Å². The van der Waals surface area contributed by atoms with Crippen LogP contribution in [0.4, 0.5) is 10.1 Å². The molecule has 1 aliphatic rings. The third-order valence-electron chi connectivity index (χ3n) is 5.26. The number of anilines is 1. The number of carbonyl (C=O) groups excluding carboxylic acids is 2. The van der Waals surface area contributed by atoms with Crippen LogP contribution in [0.15, 0.2) is 54.7 Å². The molecule has 31 heavy (non-hydrogen) atoms. The lowest BCUT2D eigenvalue weighted by Gasteiger charge is -2.13. The Balaban J connectivity index is 1.47. The molecule has 4 rings (SSSR count). The van der Waals surface area contributed by atoms with Gasteiger partial charge in [0.2, 0.25) is 5.91 Å². The quantitative estimate of drug-likeness (QED) is 0.594. The van der Waals surface area contributed by atoms with Crippen molar-refractivity contribution in [2.75, 3.05) is 5.32 Å². The number of carbonyl (C=O) groups is 2.